The van der Waals surface area contributed by atoms with Gasteiger partial charge in [-0.15, -0.1) is 0 Å². The molecule has 0 aromatic rings. The van der Waals surface area contributed by atoms with Crippen molar-refractivity contribution in [2.24, 2.45) is 17.8 Å². The minimum Gasteiger partial charge on any atom is -0.462 e. The molecule has 3 unspecified atom stereocenters. The Morgan fingerprint density at radius 3 is 0.809 bits per heavy atom. The zero-order valence-corrected chi connectivity index (χ0v) is 63.2. The summed E-state index contributed by atoms with van der Waals surface area (Å²) in [6.45, 7) is 11.9. The van der Waals surface area contributed by atoms with Gasteiger partial charge < -0.3 is 33.8 Å². The molecule has 0 fully saturated rings. The molecule has 0 aliphatic rings. The molecule has 0 saturated carbocycles. The Hall–Kier alpha value is -1.94. The Labute approximate surface area is 575 Å². The molecule has 558 valence electrons. The van der Waals surface area contributed by atoms with E-state index < -0.39 is 97.5 Å². The average molecular weight is 1380 g/mol. The van der Waals surface area contributed by atoms with Gasteiger partial charge in [-0.2, -0.15) is 0 Å². The molecule has 17 nitrogen and oxygen atoms in total. The molecule has 0 aromatic carbocycles. The van der Waals surface area contributed by atoms with E-state index >= 15 is 0 Å². The highest BCUT2D eigenvalue weighted by Crippen LogP contribution is 2.45. The summed E-state index contributed by atoms with van der Waals surface area (Å²) in [4.78, 5) is 72.8. The topological polar surface area (TPSA) is 237 Å². The lowest BCUT2D eigenvalue weighted by molar-refractivity contribution is -0.161. The van der Waals surface area contributed by atoms with Gasteiger partial charge in [-0.1, -0.05) is 331 Å². The van der Waals surface area contributed by atoms with Crippen LogP contribution in [0.4, 0.5) is 0 Å². The number of rotatable bonds is 73. The van der Waals surface area contributed by atoms with Crippen LogP contribution in [0, 0.1) is 17.8 Å². The van der Waals surface area contributed by atoms with Crippen LogP contribution in [0.15, 0.2) is 0 Å². The van der Waals surface area contributed by atoms with Crippen LogP contribution in [0.5, 0.6) is 0 Å². The number of esters is 4. The normalized spacial score (nSPS) is 14.4. The van der Waals surface area contributed by atoms with Crippen LogP contribution in [-0.4, -0.2) is 96.7 Å². The number of hydrogen-bond acceptors (Lipinski definition) is 15. The molecule has 0 rings (SSSR count). The lowest BCUT2D eigenvalue weighted by Crippen LogP contribution is -2.30. The Morgan fingerprint density at radius 2 is 0.543 bits per heavy atom. The van der Waals surface area contributed by atoms with Crippen LogP contribution in [0.2, 0.25) is 0 Å². The maximum Gasteiger partial charge on any atom is 0.472 e. The molecule has 19 heteroatoms. The molecule has 0 amide bonds. The van der Waals surface area contributed by atoms with Gasteiger partial charge in [-0.25, -0.2) is 9.13 Å². The number of aliphatic hydroxyl groups excluding tert-OH is 1. The summed E-state index contributed by atoms with van der Waals surface area (Å²) in [5, 5.41) is 10.6. The third-order valence-electron chi connectivity index (χ3n) is 17.7. The first-order valence-corrected chi connectivity index (χ1v) is 41.9. The molecule has 0 spiro atoms. The van der Waals surface area contributed by atoms with Gasteiger partial charge in [-0.3, -0.25) is 37.3 Å². The lowest BCUT2D eigenvalue weighted by Gasteiger charge is -2.21. The van der Waals surface area contributed by atoms with Crippen LogP contribution in [0.25, 0.3) is 0 Å². The van der Waals surface area contributed by atoms with Crippen molar-refractivity contribution in [1.29, 1.82) is 0 Å². The second-order valence-electron chi connectivity index (χ2n) is 28.2. The van der Waals surface area contributed by atoms with E-state index in [1.807, 2.05) is 0 Å². The largest absolute Gasteiger partial charge is 0.472 e. The monoisotopic (exact) mass is 1380 g/mol. The van der Waals surface area contributed by atoms with E-state index in [9.17, 15) is 43.2 Å². The number of unbranched alkanes of at least 4 members (excludes halogenated alkanes) is 40. The van der Waals surface area contributed by atoms with Crippen molar-refractivity contribution in [1.82, 2.24) is 0 Å². The number of phosphoric acid groups is 2. The van der Waals surface area contributed by atoms with Crippen molar-refractivity contribution >= 4 is 39.5 Å². The predicted molar refractivity (Wildman–Crippen MR) is 381 cm³/mol. The summed E-state index contributed by atoms with van der Waals surface area (Å²) in [6, 6.07) is 0. The van der Waals surface area contributed by atoms with Crippen molar-refractivity contribution in [2.45, 2.75) is 401 Å². The Bertz CT molecular complexity index is 1840. The molecule has 0 heterocycles. The molecule has 3 N–H and O–H groups in total. The van der Waals surface area contributed by atoms with Gasteiger partial charge >= 0.3 is 39.5 Å². The molecule has 0 saturated heterocycles. The Balaban J connectivity index is 5.26. The first-order chi connectivity index (χ1) is 45.3. The summed E-state index contributed by atoms with van der Waals surface area (Å²) < 4.78 is 68.5. The molecule has 0 radical (unpaired) electrons. The van der Waals surface area contributed by atoms with E-state index in [-0.39, 0.29) is 25.7 Å². The molecule has 6 atom stereocenters. The van der Waals surface area contributed by atoms with Crippen molar-refractivity contribution in [3.8, 4) is 0 Å². The second kappa shape index (κ2) is 65.7. The SMILES string of the molecule is CCCCCCCCCCCCCCCC(=O)O[C@H](COC(=O)CCCCCCCCC(C)CC)COP(=O)(O)OC[C@H](O)COP(=O)(O)OC[C@@H](COC(=O)CCCCCCCCCCCCCC(C)C)OC(=O)CCCCCCCCCCCCCCCCC(C)C. The fraction of sp³-hybridized carbons (Fsp3) is 0.947. The van der Waals surface area contributed by atoms with Gasteiger partial charge in [0.25, 0.3) is 0 Å². The highest BCUT2D eigenvalue weighted by molar-refractivity contribution is 7.47. The minimum absolute atomic E-state index is 0.107. The van der Waals surface area contributed by atoms with Crippen LogP contribution in [0.3, 0.4) is 0 Å². The first-order valence-electron chi connectivity index (χ1n) is 38.9. The van der Waals surface area contributed by atoms with E-state index in [1.165, 1.54) is 186 Å². The molecule has 94 heavy (non-hydrogen) atoms. The standard InChI is InChI=1S/C75H146O17P2/c1-8-10-11-12-13-14-15-18-24-30-35-44-51-58-75(80)92-71(63-86-73(78)57-50-43-38-37-41-48-55-68(7)9-2)65-90-94(83,84)88-61-69(76)60-87-93(81,82)89-64-70(62-85-72(77)56-49-42-34-29-26-21-23-28-33-40-47-54-67(5)6)91-74(79)59-52-45-36-31-25-20-17-16-19-22-27-32-39-46-53-66(3)4/h66-71,76H,8-65H2,1-7H3,(H,81,82)(H,83,84)/t68?,69-,70-,71-/m1/s1. The van der Waals surface area contributed by atoms with Gasteiger partial charge in [0, 0.05) is 25.7 Å². The van der Waals surface area contributed by atoms with Gasteiger partial charge in [0.05, 0.1) is 26.4 Å². The number of aliphatic hydroxyl groups is 1. The number of phosphoric ester groups is 2. The van der Waals surface area contributed by atoms with Gasteiger partial charge in [0.1, 0.15) is 19.3 Å². The van der Waals surface area contributed by atoms with E-state index in [2.05, 4.69) is 48.5 Å². The number of carbonyl (C=O) groups is 4. The first kappa shape index (κ1) is 92.1. The van der Waals surface area contributed by atoms with Crippen LogP contribution < -0.4 is 0 Å². The van der Waals surface area contributed by atoms with E-state index in [0.717, 1.165) is 114 Å². The zero-order valence-electron chi connectivity index (χ0n) is 61.4. The number of carbonyl (C=O) groups excluding carboxylic acids is 4. The fourth-order valence-corrected chi connectivity index (χ4v) is 13.0. The zero-order chi connectivity index (χ0) is 69.4. The highest BCUT2D eigenvalue weighted by Gasteiger charge is 2.30. The number of ether oxygens (including phenoxy) is 4. The smallest absolute Gasteiger partial charge is 0.462 e. The summed E-state index contributed by atoms with van der Waals surface area (Å²) in [6.07, 6.45) is 51.2. The summed E-state index contributed by atoms with van der Waals surface area (Å²) in [5.74, 6) is 0.179. The van der Waals surface area contributed by atoms with Crippen molar-refractivity contribution in [3.05, 3.63) is 0 Å². The maximum atomic E-state index is 13.1. The van der Waals surface area contributed by atoms with Crippen LogP contribution >= 0.6 is 15.6 Å². The molecule has 0 aliphatic carbocycles. The molecular weight excluding hydrogens is 1230 g/mol. The summed E-state index contributed by atoms with van der Waals surface area (Å²) in [7, 11) is -9.91. The maximum absolute atomic E-state index is 13.1. The Morgan fingerprint density at radius 1 is 0.309 bits per heavy atom. The van der Waals surface area contributed by atoms with Gasteiger partial charge in [0.2, 0.25) is 0 Å². The fourth-order valence-electron chi connectivity index (χ4n) is 11.4. The molecule has 0 aliphatic heterocycles. The van der Waals surface area contributed by atoms with Crippen LogP contribution in [-0.2, 0) is 65.4 Å². The molecule has 0 bridgehead atoms. The summed E-state index contributed by atoms with van der Waals surface area (Å²) in [5.41, 5.74) is 0. The second-order valence-corrected chi connectivity index (χ2v) is 31.1. The predicted octanol–water partition coefficient (Wildman–Crippen LogP) is 21.8. The average Bonchev–Trinajstić information content (AvgIpc) is 1.56. The lowest BCUT2D eigenvalue weighted by atomic mass is 10.00. The van der Waals surface area contributed by atoms with E-state index in [4.69, 9.17) is 37.0 Å². The van der Waals surface area contributed by atoms with Crippen molar-refractivity contribution < 1.29 is 80.2 Å². The summed E-state index contributed by atoms with van der Waals surface area (Å²) >= 11 is 0. The third-order valence-corrected chi connectivity index (χ3v) is 19.6. The quantitative estimate of drug-likeness (QED) is 0.0222. The van der Waals surface area contributed by atoms with Crippen molar-refractivity contribution in [3.63, 3.8) is 0 Å². The minimum atomic E-state index is -4.96. The van der Waals surface area contributed by atoms with Crippen molar-refractivity contribution in [2.75, 3.05) is 39.6 Å². The molecule has 0 aromatic heterocycles. The number of hydrogen-bond donors (Lipinski definition) is 3. The van der Waals surface area contributed by atoms with Gasteiger partial charge in [0.15, 0.2) is 12.2 Å². The molecular formula is C75H146O17P2. The van der Waals surface area contributed by atoms with Crippen LogP contribution in [0.1, 0.15) is 382 Å². The Kier molecular flexibility index (Phi) is 64.3. The van der Waals surface area contributed by atoms with E-state index in [0.29, 0.717) is 25.7 Å². The third kappa shape index (κ3) is 67.3. The van der Waals surface area contributed by atoms with E-state index in [1.54, 1.807) is 0 Å². The van der Waals surface area contributed by atoms with Gasteiger partial charge in [-0.05, 0) is 43.4 Å². The highest BCUT2D eigenvalue weighted by atomic mass is 31.2.